The third-order valence-corrected chi connectivity index (χ3v) is 3.37. The fourth-order valence-electron chi connectivity index (χ4n) is 2.31. The van der Waals surface area contributed by atoms with E-state index in [0.717, 1.165) is 31.8 Å². The summed E-state index contributed by atoms with van der Waals surface area (Å²) in [4.78, 5) is 14.0. The molecular weight excluding hydrogens is 216 g/mol. The molecule has 0 aromatic heterocycles. The molecule has 1 N–H and O–H groups in total. The predicted molar refractivity (Wildman–Crippen MR) is 68.9 cm³/mol. The van der Waals surface area contributed by atoms with E-state index in [2.05, 4.69) is 24.1 Å². The second-order valence-electron chi connectivity index (χ2n) is 5.01. The molecule has 0 saturated carbocycles. The zero-order chi connectivity index (χ0) is 12.7. The highest BCUT2D eigenvalue weighted by atomic mass is 16.5. The second-order valence-corrected chi connectivity index (χ2v) is 5.01. The van der Waals surface area contributed by atoms with Crippen molar-refractivity contribution in [2.24, 2.45) is 5.92 Å². The van der Waals surface area contributed by atoms with Gasteiger partial charge in [0.15, 0.2) is 0 Å². The summed E-state index contributed by atoms with van der Waals surface area (Å²) in [6, 6.07) is -0.143. The number of esters is 1. The Kier molecular flexibility index (Phi) is 6.52. The van der Waals surface area contributed by atoms with Crippen LogP contribution in [0.5, 0.6) is 0 Å². The Labute approximate surface area is 105 Å². The molecule has 0 radical (unpaired) electrons. The van der Waals surface area contributed by atoms with Crippen molar-refractivity contribution in [3.63, 3.8) is 0 Å². The largest absolute Gasteiger partial charge is 0.468 e. The molecule has 1 aliphatic rings. The van der Waals surface area contributed by atoms with Crippen LogP contribution in [0.3, 0.4) is 0 Å². The lowest BCUT2D eigenvalue weighted by atomic mass is 10.2. The maximum absolute atomic E-state index is 11.6. The van der Waals surface area contributed by atoms with Crippen molar-refractivity contribution in [1.82, 2.24) is 10.2 Å². The van der Waals surface area contributed by atoms with Crippen LogP contribution in [0.4, 0.5) is 0 Å². The topological polar surface area (TPSA) is 41.6 Å². The fraction of sp³-hybridized carbons (Fsp3) is 0.923. The maximum Gasteiger partial charge on any atom is 0.322 e. The molecule has 0 aromatic carbocycles. The van der Waals surface area contributed by atoms with Crippen LogP contribution in [0.2, 0.25) is 0 Å². The van der Waals surface area contributed by atoms with Crippen LogP contribution in [-0.4, -0.2) is 50.2 Å². The van der Waals surface area contributed by atoms with Gasteiger partial charge in [-0.15, -0.1) is 0 Å². The third kappa shape index (κ3) is 5.04. The molecule has 1 fully saturated rings. The smallest absolute Gasteiger partial charge is 0.322 e. The van der Waals surface area contributed by atoms with Crippen molar-refractivity contribution in [2.45, 2.75) is 39.2 Å². The van der Waals surface area contributed by atoms with Crippen molar-refractivity contribution in [2.75, 3.05) is 33.3 Å². The summed E-state index contributed by atoms with van der Waals surface area (Å²) >= 11 is 0. The van der Waals surface area contributed by atoms with E-state index in [1.165, 1.54) is 26.6 Å². The molecule has 4 nitrogen and oxygen atoms in total. The van der Waals surface area contributed by atoms with Crippen LogP contribution < -0.4 is 5.32 Å². The van der Waals surface area contributed by atoms with E-state index < -0.39 is 0 Å². The van der Waals surface area contributed by atoms with E-state index in [-0.39, 0.29) is 12.0 Å². The predicted octanol–water partition coefficient (Wildman–Crippen LogP) is 1.26. The fourth-order valence-corrected chi connectivity index (χ4v) is 2.31. The van der Waals surface area contributed by atoms with Gasteiger partial charge in [0.05, 0.1) is 7.11 Å². The van der Waals surface area contributed by atoms with E-state index in [4.69, 9.17) is 4.74 Å². The van der Waals surface area contributed by atoms with Crippen molar-refractivity contribution in [3.05, 3.63) is 0 Å². The molecule has 0 aromatic rings. The van der Waals surface area contributed by atoms with Gasteiger partial charge in [0.2, 0.25) is 0 Å². The van der Waals surface area contributed by atoms with Gasteiger partial charge in [-0.3, -0.25) is 4.79 Å². The highest BCUT2D eigenvalue weighted by Crippen LogP contribution is 2.15. The molecule has 4 heteroatoms. The Hall–Kier alpha value is -0.610. The Morgan fingerprint density at radius 1 is 1.59 bits per heavy atom. The van der Waals surface area contributed by atoms with E-state index in [0.29, 0.717) is 0 Å². The summed E-state index contributed by atoms with van der Waals surface area (Å²) in [5, 5.41) is 3.25. The molecule has 1 heterocycles. The van der Waals surface area contributed by atoms with Crippen molar-refractivity contribution >= 4 is 5.97 Å². The van der Waals surface area contributed by atoms with Crippen molar-refractivity contribution in [3.8, 4) is 0 Å². The quantitative estimate of drug-likeness (QED) is 0.682. The standard InChI is InChI=1S/C13H26N2O2/c1-4-7-14-12(13(16)17-3)6-9-15-8-5-11(2)10-15/h11-12,14H,4-10H2,1-3H3. The Morgan fingerprint density at radius 2 is 2.35 bits per heavy atom. The number of nitrogens with zero attached hydrogens (tertiary/aromatic N) is 1. The third-order valence-electron chi connectivity index (χ3n) is 3.37. The molecule has 17 heavy (non-hydrogen) atoms. The van der Waals surface area contributed by atoms with Crippen LogP contribution >= 0.6 is 0 Å². The first-order valence-electron chi connectivity index (χ1n) is 6.71. The maximum atomic E-state index is 11.6. The van der Waals surface area contributed by atoms with Crippen LogP contribution in [0.15, 0.2) is 0 Å². The Morgan fingerprint density at radius 3 is 2.88 bits per heavy atom. The first-order chi connectivity index (χ1) is 8.17. The SMILES string of the molecule is CCCNC(CCN1CCC(C)C1)C(=O)OC. The van der Waals surface area contributed by atoms with E-state index >= 15 is 0 Å². The van der Waals surface area contributed by atoms with E-state index in [1.54, 1.807) is 0 Å². The lowest BCUT2D eigenvalue weighted by Crippen LogP contribution is -2.40. The van der Waals surface area contributed by atoms with Crippen LogP contribution in [0.1, 0.15) is 33.1 Å². The number of carbonyl (C=O) groups excluding carboxylic acids is 1. The van der Waals surface area contributed by atoms with Gasteiger partial charge in [-0.1, -0.05) is 13.8 Å². The van der Waals surface area contributed by atoms with Gasteiger partial charge in [-0.2, -0.15) is 0 Å². The van der Waals surface area contributed by atoms with Gasteiger partial charge in [-0.25, -0.2) is 0 Å². The number of hydrogen-bond donors (Lipinski definition) is 1. The van der Waals surface area contributed by atoms with Crippen LogP contribution in [0.25, 0.3) is 0 Å². The Balaban J connectivity index is 2.30. The minimum Gasteiger partial charge on any atom is -0.468 e. The lowest BCUT2D eigenvalue weighted by Gasteiger charge is -2.20. The van der Waals surface area contributed by atoms with Gasteiger partial charge in [0.25, 0.3) is 0 Å². The first kappa shape index (κ1) is 14.5. The van der Waals surface area contributed by atoms with Gasteiger partial charge in [0, 0.05) is 13.1 Å². The monoisotopic (exact) mass is 242 g/mol. The summed E-state index contributed by atoms with van der Waals surface area (Å²) in [5.41, 5.74) is 0. The number of ether oxygens (including phenoxy) is 1. The molecule has 1 rings (SSSR count). The van der Waals surface area contributed by atoms with Crippen LogP contribution in [-0.2, 0) is 9.53 Å². The summed E-state index contributed by atoms with van der Waals surface area (Å²) in [6.07, 6.45) is 3.17. The number of hydrogen-bond acceptors (Lipinski definition) is 4. The molecule has 0 aliphatic carbocycles. The number of carbonyl (C=O) groups is 1. The normalized spacial score (nSPS) is 22.6. The molecule has 2 atom stereocenters. The minimum absolute atomic E-state index is 0.134. The van der Waals surface area contributed by atoms with Gasteiger partial charge < -0.3 is 15.0 Å². The Bertz CT molecular complexity index is 233. The second kappa shape index (κ2) is 7.67. The zero-order valence-electron chi connectivity index (χ0n) is 11.4. The average molecular weight is 242 g/mol. The number of nitrogens with one attached hydrogen (secondary N) is 1. The summed E-state index contributed by atoms with van der Waals surface area (Å²) < 4.78 is 4.83. The lowest BCUT2D eigenvalue weighted by molar-refractivity contribution is -0.143. The highest BCUT2D eigenvalue weighted by molar-refractivity contribution is 5.75. The average Bonchev–Trinajstić information content (AvgIpc) is 2.74. The van der Waals surface area contributed by atoms with Gasteiger partial charge >= 0.3 is 5.97 Å². The summed E-state index contributed by atoms with van der Waals surface area (Å²) in [6.45, 7) is 8.58. The van der Waals surface area contributed by atoms with Crippen molar-refractivity contribution < 1.29 is 9.53 Å². The first-order valence-corrected chi connectivity index (χ1v) is 6.71. The molecular formula is C13H26N2O2. The number of methoxy groups -OCH3 is 1. The molecule has 0 bridgehead atoms. The minimum atomic E-state index is -0.143. The van der Waals surface area contributed by atoms with E-state index in [1.807, 2.05) is 0 Å². The van der Waals surface area contributed by atoms with Gasteiger partial charge in [-0.05, 0) is 38.3 Å². The molecule has 0 spiro atoms. The highest BCUT2D eigenvalue weighted by Gasteiger charge is 2.22. The zero-order valence-corrected chi connectivity index (χ0v) is 11.4. The van der Waals surface area contributed by atoms with Gasteiger partial charge in [0.1, 0.15) is 6.04 Å². The molecule has 2 unspecified atom stereocenters. The van der Waals surface area contributed by atoms with Crippen LogP contribution in [0, 0.1) is 5.92 Å². The number of rotatable bonds is 7. The summed E-state index contributed by atoms with van der Waals surface area (Å²) in [5.74, 6) is 0.667. The molecule has 100 valence electrons. The molecule has 1 aliphatic heterocycles. The number of likely N-dealkylation sites (tertiary alicyclic amines) is 1. The van der Waals surface area contributed by atoms with E-state index in [9.17, 15) is 4.79 Å². The summed E-state index contributed by atoms with van der Waals surface area (Å²) in [7, 11) is 1.46. The molecule has 0 amide bonds. The van der Waals surface area contributed by atoms with Crippen molar-refractivity contribution in [1.29, 1.82) is 0 Å². The molecule has 1 saturated heterocycles.